The summed E-state index contributed by atoms with van der Waals surface area (Å²) in [6.45, 7) is 3.54. The predicted octanol–water partition coefficient (Wildman–Crippen LogP) is 0.558. The Kier molecular flexibility index (Phi) is 6.58. The molecular formula is C14H18N4O6S2. The van der Waals surface area contributed by atoms with Gasteiger partial charge in [-0.05, 0) is 32.0 Å². The van der Waals surface area contributed by atoms with Gasteiger partial charge in [0.05, 0.1) is 23.2 Å². The van der Waals surface area contributed by atoms with Crippen LogP contribution in [0.1, 0.15) is 12.7 Å². The standard InChI is InChI=1S/C14H18N4O6S2/c1-3-18(13-15-10(2)16-14(19)17-13)11-5-4-6-12(9-11)25(20)8-7-24-26(21,22)23/h4-6,9H,3,7-8H2,1-2H3,(H,21,22,23)(H,15,16,17,19). The molecule has 1 heterocycles. The van der Waals surface area contributed by atoms with Crippen LogP contribution < -0.4 is 10.6 Å². The summed E-state index contributed by atoms with van der Waals surface area (Å²) in [6, 6.07) is 6.67. The highest BCUT2D eigenvalue weighted by Crippen LogP contribution is 2.23. The molecule has 0 amide bonds. The van der Waals surface area contributed by atoms with E-state index in [9.17, 15) is 17.4 Å². The monoisotopic (exact) mass is 402 g/mol. The number of H-pyrrole nitrogens is 1. The number of rotatable bonds is 8. The van der Waals surface area contributed by atoms with Gasteiger partial charge in [-0.25, -0.2) is 8.98 Å². The van der Waals surface area contributed by atoms with E-state index >= 15 is 0 Å². The molecule has 0 aliphatic rings. The van der Waals surface area contributed by atoms with Crippen LogP contribution in [-0.2, 0) is 25.4 Å². The SMILES string of the molecule is CCN(c1cccc(S(=O)CCOS(=O)(=O)O)c1)c1nc(C)[nH]c(=O)n1. The van der Waals surface area contributed by atoms with E-state index in [4.69, 9.17) is 4.55 Å². The van der Waals surface area contributed by atoms with Crippen molar-refractivity contribution in [3.8, 4) is 0 Å². The number of benzene rings is 1. The molecule has 1 unspecified atom stereocenters. The Morgan fingerprint density at radius 2 is 2.08 bits per heavy atom. The number of aromatic amines is 1. The van der Waals surface area contributed by atoms with E-state index < -0.39 is 33.5 Å². The molecular weight excluding hydrogens is 384 g/mol. The molecule has 0 aliphatic carbocycles. The maximum Gasteiger partial charge on any atom is 0.397 e. The third-order valence-electron chi connectivity index (χ3n) is 3.21. The van der Waals surface area contributed by atoms with Gasteiger partial charge >= 0.3 is 16.1 Å². The average Bonchev–Trinajstić information content (AvgIpc) is 2.53. The van der Waals surface area contributed by atoms with Crippen LogP contribution in [0.15, 0.2) is 34.0 Å². The molecule has 2 aromatic rings. The summed E-state index contributed by atoms with van der Waals surface area (Å²) in [5.74, 6) is 0.516. The van der Waals surface area contributed by atoms with Crippen molar-refractivity contribution in [3.05, 3.63) is 40.6 Å². The summed E-state index contributed by atoms with van der Waals surface area (Å²) >= 11 is 0. The highest BCUT2D eigenvalue weighted by atomic mass is 32.3. The van der Waals surface area contributed by atoms with E-state index in [-0.39, 0.29) is 11.7 Å². The lowest BCUT2D eigenvalue weighted by molar-refractivity contribution is 0.284. The van der Waals surface area contributed by atoms with Crippen LogP contribution in [-0.4, -0.2) is 51.0 Å². The van der Waals surface area contributed by atoms with E-state index in [0.29, 0.717) is 23.0 Å². The molecule has 0 radical (unpaired) electrons. The molecule has 2 rings (SSSR count). The Morgan fingerprint density at radius 3 is 2.69 bits per heavy atom. The average molecular weight is 402 g/mol. The van der Waals surface area contributed by atoms with Crippen LogP contribution in [0, 0.1) is 6.92 Å². The Hall–Kier alpha value is -2.15. The number of hydrogen-bond donors (Lipinski definition) is 2. The van der Waals surface area contributed by atoms with Gasteiger partial charge in [0.1, 0.15) is 5.82 Å². The second kappa shape index (κ2) is 8.49. The number of hydrogen-bond acceptors (Lipinski definition) is 8. The van der Waals surface area contributed by atoms with Crippen molar-refractivity contribution in [2.45, 2.75) is 18.7 Å². The summed E-state index contributed by atoms with van der Waals surface area (Å²) in [5, 5.41) is 0. The van der Waals surface area contributed by atoms with Crippen LogP contribution in [0.3, 0.4) is 0 Å². The molecule has 0 spiro atoms. The third-order valence-corrected chi connectivity index (χ3v) is 4.99. The van der Waals surface area contributed by atoms with Gasteiger partial charge in [-0.1, -0.05) is 6.07 Å². The second-order valence-corrected chi connectivity index (χ2v) is 7.74. The van der Waals surface area contributed by atoms with E-state index in [0.717, 1.165) is 0 Å². The van der Waals surface area contributed by atoms with E-state index in [1.54, 1.807) is 36.1 Å². The molecule has 10 nitrogen and oxygen atoms in total. The van der Waals surface area contributed by atoms with Gasteiger partial charge in [-0.2, -0.15) is 18.4 Å². The predicted molar refractivity (Wildman–Crippen MR) is 95.3 cm³/mol. The molecule has 0 bridgehead atoms. The molecule has 0 saturated carbocycles. The zero-order valence-corrected chi connectivity index (χ0v) is 15.7. The normalized spacial score (nSPS) is 12.7. The second-order valence-electron chi connectivity index (χ2n) is 5.08. The minimum atomic E-state index is -4.56. The van der Waals surface area contributed by atoms with Crippen LogP contribution in [0.2, 0.25) is 0 Å². The molecule has 1 aromatic heterocycles. The van der Waals surface area contributed by atoms with Gasteiger partial charge in [0.15, 0.2) is 0 Å². The summed E-state index contributed by atoms with van der Waals surface area (Å²) in [4.78, 5) is 24.2. The molecule has 12 heteroatoms. The van der Waals surface area contributed by atoms with E-state index in [2.05, 4.69) is 19.1 Å². The topological polar surface area (TPSA) is 143 Å². The first kappa shape index (κ1) is 20.2. The Balaban J connectivity index is 2.23. The van der Waals surface area contributed by atoms with Crippen molar-refractivity contribution in [1.29, 1.82) is 0 Å². The number of aromatic nitrogens is 3. The molecule has 2 N–H and O–H groups in total. The van der Waals surface area contributed by atoms with Crippen LogP contribution in [0.5, 0.6) is 0 Å². The minimum absolute atomic E-state index is 0.115. The van der Waals surface area contributed by atoms with Gasteiger partial charge in [0, 0.05) is 17.1 Å². The highest BCUT2D eigenvalue weighted by molar-refractivity contribution is 7.85. The fourth-order valence-corrected chi connectivity index (χ4v) is 3.51. The van der Waals surface area contributed by atoms with Gasteiger partial charge < -0.3 is 4.90 Å². The van der Waals surface area contributed by atoms with Crippen LogP contribution in [0.25, 0.3) is 0 Å². The summed E-state index contributed by atoms with van der Waals surface area (Å²) in [7, 11) is -6.11. The zero-order chi connectivity index (χ0) is 19.3. The molecule has 26 heavy (non-hydrogen) atoms. The van der Waals surface area contributed by atoms with Crippen molar-refractivity contribution in [1.82, 2.24) is 15.0 Å². The minimum Gasteiger partial charge on any atom is -0.311 e. The molecule has 1 aromatic carbocycles. The quantitative estimate of drug-likeness (QED) is 0.605. The zero-order valence-electron chi connectivity index (χ0n) is 14.1. The largest absolute Gasteiger partial charge is 0.397 e. The Bertz CT molecular complexity index is 960. The van der Waals surface area contributed by atoms with Gasteiger partial charge in [-0.15, -0.1) is 0 Å². The number of nitrogens with zero attached hydrogens (tertiary/aromatic N) is 3. The van der Waals surface area contributed by atoms with Crippen molar-refractivity contribution in [2.24, 2.45) is 0 Å². The number of anilines is 2. The Labute approximate surface area is 152 Å². The molecule has 142 valence electrons. The van der Waals surface area contributed by atoms with Crippen molar-refractivity contribution < 1.29 is 21.4 Å². The highest BCUT2D eigenvalue weighted by Gasteiger charge is 2.14. The first-order chi connectivity index (χ1) is 12.2. The lowest BCUT2D eigenvalue weighted by Crippen LogP contribution is -2.24. The van der Waals surface area contributed by atoms with Crippen LogP contribution >= 0.6 is 0 Å². The van der Waals surface area contributed by atoms with E-state index in [1.165, 1.54) is 0 Å². The smallest absolute Gasteiger partial charge is 0.311 e. The summed E-state index contributed by atoms with van der Waals surface area (Å²) < 4.78 is 46.1. The fourth-order valence-electron chi connectivity index (χ4n) is 2.16. The lowest BCUT2D eigenvalue weighted by atomic mass is 10.3. The number of nitrogens with one attached hydrogen (secondary N) is 1. The Morgan fingerprint density at radius 1 is 1.35 bits per heavy atom. The first-order valence-corrected chi connectivity index (χ1v) is 10.2. The molecule has 0 fully saturated rings. The fraction of sp³-hybridized carbons (Fsp3) is 0.357. The van der Waals surface area contributed by atoms with E-state index in [1.807, 2.05) is 6.92 Å². The summed E-state index contributed by atoms with van der Waals surface area (Å²) in [5.41, 5.74) is 0.104. The molecule has 0 saturated heterocycles. The maximum absolute atomic E-state index is 12.3. The number of aryl methyl sites for hydroxylation is 1. The van der Waals surface area contributed by atoms with Crippen molar-refractivity contribution >= 4 is 32.8 Å². The third kappa shape index (κ3) is 5.69. The first-order valence-electron chi connectivity index (χ1n) is 7.52. The molecule has 1 atom stereocenters. The lowest BCUT2D eigenvalue weighted by Gasteiger charge is -2.21. The van der Waals surface area contributed by atoms with Crippen molar-refractivity contribution in [2.75, 3.05) is 23.8 Å². The maximum atomic E-state index is 12.3. The van der Waals surface area contributed by atoms with Gasteiger partial charge in [-0.3, -0.25) is 13.7 Å². The summed E-state index contributed by atoms with van der Waals surface area (Å²) in [6.07, 6.45) is 0. The van der Waals surface area contributed by atoms with Crippen molar-refractivity contribution in [3.63, 3.8) is 0 Å². The van der Waals surface area contributed by atoms with Gasteiger partial charge in [0.2, 0.25) is 5.95 Å². The molecule has 0 aliphatic heterocycles. The van der Waals surface area contributed by atoms with Crippen LogP contribution in [0.4, 0.5) is 11.6 Å². The van der Waals surface area contributed by atoms with Gasteiger partial charge in [0.25, 0.3) is 0 Å².